The highest BCUT2D eigenvalue weighted by molar-refractivity contribution is 7.15. The molecule has 106 valence electrons. The second-order valence-electron chi connectivity index (χ2n) is 4.89. The zero-order chi connectivity index (χ0) is 14.3. The fraction of sp³-hybridized carbons (Fsp3) is 0.357. The van der Waals surface area contributed by atoms with E-state index < -0.39 is 11.7 Å². The van der Waals surface area contributed by atoms with Crippen LogP contribution in [0, 0.1) is 0 Å². The van der Waals surface area contributed by atoms with E-state index in [4.69, 9.17) is 5.73 Å². The van der Waals surface area contributed by atoms with E-state index in [1.165, 1.54) is 17.4 Å². The van der Waals surface area contributed by atoms with Gasteiger partial charge in [-0.2, -0.15) is 13.2 Å². The molecule has 1 aliphatic carbocycles. The van der Waals surface area contributed by atoms with Gasteiger partial charge < -0.3 is 5.73 Å². The van der Waals surface area contributed by atoms with Crippen LogP contribution < -0.4 is 5.73 Å². The van der Waals surface area contributed by atoms with Crippen molar-refractivity contribution in [2.75, 3.05) is 5.73 Å². The number of fused-ring (bicyclic) bond motifs is 1. The Morgan fingerprint density at radius 2 is 2.00 bits per heavy atom. The van der Waals surface area contributed by atoms with Gasteiger partial charge in [-0.1, -0.05) is 18.2 Å². The van der Waals surface area contributed by atoms with Crippen molar-refractivity contribution in [3.63, 3.8) is 0 Å². The first kappa shape index (κ1) is 13.4. The SMILES string of the molecule is Nc1nc2c(s1)C(c1ccccc1C(F)(F)F)CCC2. The van der Waals surface area contributed by atoms with Crippen molar-refractivity contribution >= 4 is 16.5 Å². The number of aryl methyl sites for hydroxylation is 1. The molecular formula is C14H13F3N2S. The fourth-order valence-corrected chi connectivity index (χ4v) is 3.83. The first-order valence-corrected chi connectivity index (χ1v) is 7.19. The van der Waals surface area contributed by atoms with Gasteiger partial charge in [0.15, 0.2) is 5.13 Å². The van der Waals surface area contributed by atoms with Crippen LogP contribution in [0.1, 0.15) is 40.5 Å². The van der Waals surface area contributed by atoms with E-state index >= 15 is 0 Å². The molecule has 0 radical (unpaired) electrons. The molecule has 0 bridgehead atoms. The standard InChI is InChI=1S/C14H13F3N2S/c15-14(16,17)10-6-2-1-4-8(10)9-5-3-7-11-12(9)20-13(18)19-11/h1-2,4,6,9H,3,5,7H2,(H2,18,19). The van der Waals surface area contributed by atoms with E-state index in [9.17, 15) is 13.2 Å². The monoisotopic (exact) mass is 298 g/mol. The van der Waals surface area contributed by atoms with E-state index in [0.717, 1.165) is 29.5 Å². The third-order valence-corrected chi connectivity index (χ3v) is 4.65. The summed E-state index contributed by atoms with van der Waals surface area (Å²) in [7, 11) is 0. The summed E-state index contributed by atoms with van der Waals surface area (Å²) in [4.78, 5) is 5.13. The number of aromatic nitrogens is 1. The molecule has 1 aromatic carbocycles. The van der Waals surface area contributed by atoms with Crippen molar-refractivity contribution in [2.24, 2.45) is 0 Å². The maximum Gasteiger partial charge on any atom is 0.416 e. The molecule has 3 rings (SSSR count). The van der Waals surface area contributed by atoms with Gasteiger partial charge in [-0.3, -0.25) is 0 Å². The van der Waals surface area contributed by atoms with Crippen LogP contribution in [0.3, 0.4) is 0 Å². The molecule has 20 heavy (non-hydrogen) atoms. The number of benzene rings is 1. The number of anilines is 1. The number of halogens is 3. The fourth-order valence-electron chi connectivity index (χ4n) is 2.79. The number of hydrogen-bond donors (Lipinski definition) is 1. The molecule has 1 heterocycles. The number of nitrogen functional groups attached to an aromatic ring is 1. The van der Waals surface area contributed by atoms with Crippen LogP contribution in [-0.2, 0) is 12.6 Å². The van der Waals surface area contributed by atoms with Crippen molar-refractivity contribution < 1.29 is 13.2 Å². The van der Waals surface area contributed by atoms with Gasteiger partial charge in [-0.05, 0) is 30.9 Å². The van der Waals surface area contributed by atoms with Crippen molar-refractivity contribution in [3.05, 3.63) is 46.0 Å². The molecule has 0 saturated heterocycles. The molecule has 0 spiro atoms. The molecule has 2 N–H and O–H groups in total. The highest BCUT2D eigenvalue weighted by Crippen LogP contribution is 2.44. The summed E-state index contributed by atoms with van der Waals surface area (Å²) >= 11 is 1.31. The van der Waals surface area contributed by atoms with Crippen molar-refractivity contribution in [1.82, 2.24) is 4.98 Å². The van der Waals surface area contributed by atoms with Crippen LogP contribution in [0.4, 0.5) is 18.3 Å². The number of thiazole rings is 1. The topological polar surface area (TPSA) is 38.9 Å². The number of nitrogens with two attached hydrogens (primary N) is 1. The van der Waals surface area contributed by atoms with E-state index in [1.807, 2.05) is 0 Å². The minimum atomic E-state index is -4.33. The Balaban J connectivity index is 2.11. The van der Waals surface area contributed by atoms with E-state index in [-0.39, 0.29) is 5.92 Å². The first-order valence-electron chi connectivity index (χ1n) is 6.38. The summed E-state index contributed by atoms with van der Waals surface area (Å²) in [5.41, 5.74) is 6.36. The molecule has 1 atom stereocenters. The Hall–Kier alpha value is -1.56. The summed E-state index contributed by atoms with van der Waals surface area (Å²) in [5, 5.41) is 0.436. The van der Waals surface area contributed by atoms with Crippen molar-refractivity contribution in [1.29, 1.82) is 0 Å². The van der Waals surface area contributed by atoms with Crippen LogP contribution >= 0.6 is 11.3 Å². The highest BCUT2D eigenvalue weighted by Gasteiger charge is 2.37. The van der Waals surface area contributed by atoms with Gasteiger partial charge in [0.1, 0.15) is 0 Å². The summed E-state index contributed by atoms with van der Waals surface area (Å²) in [6.07, 6.45) is -1.98. The molecule has 0 amide bonds. The van der Waals surface area contributed by atoms with Gasteiger partial charge in [0.2, 0.25) is 0 Å². The maximum atomic E-state index is 13.1. The quantitative estimate of drug-likeness (QED) is 0.856. The van der Waals surface area contributed by atoms with Crippen LogP contribution in [0.5, 0.6) is 0 Å². The zero-order valence-corrected chi connectivity index (χ0v) is 11.4. The first-order chi connectivity index (χ1) is 9.47. The lowest BCUT2D eigenvalue weighted by Gasteiger charge is -2.24. The maximum absolute atomic E-state index is 13.1. The zero-order valence-electron chi connectivity index (χ0n) is 10.6. The number of hydrogen-bond acceptors (Lipinski definition) is 3. The molecule has 0 aliphatic heterocycles. The molecule has 1 aromatic heterocycles. The second-order valence-corrected chi connectivity index (χ2v) is 5.96. The smallest absolute Gasteiger partial charge is 0.375 e. The van der Waals surface area contributed by atoms with E-state index in [2.05, 4.69) is 4.98 Å². The molecule has 0 fully saturated rings. The lowest BCUT2D eigenvalue weighted by molar-refractivity contribution is -0.138. The normalized spacial score (nSPS) is 18.9. The highest BCUT2D eigenvalue weighted by atomic mass is 32.1. The molecule has 1 unspecified atom stereocenters. The Bertz CT molecular complexity index is 634. The van der Waals surface area contributed by atoms with Crippen LogP contribution in [-0.4, -0.2) is 4.98 Å². The summed E-state index contributed by atoms with van der Waals surface area (Å²) < 4.78 is 39.4. The Kier molecular flexibility index (Phi) is 3.20. The van der Waals surface area contributed by atoms with Gasteiger partial charge in [0.25, 0.3) is 0 Å². The van der Waals surface area contributed by atoms with Gasteiger partial charge in [0.05, 0.1) is 11.3 Å². The minimum Gasteiger partial charge on any atom is -0.375 e. The number of rotatable bonds is 1. The summed E-state index contributed by atoms with van der Waals surface area (Å²) in [6.45, 7) is 0. The average molecular weight is 298 g/mol. The Morgan fingerprint density at radius 3 is 2.75 bits per heavy atom. The van der Waals surface area contributed by atoms with Gasteiger partial charge in [0, 0.05) is 10.8 Å². The minimum absolute atomic E-state index is 0.244. The molecule has 2 aromatic rings. The lowest BCUT2D eigenvalue weighted by Crippen LogP contribution is -2.15. The van der Waals surface area contributed by atoms with Gasteiger partial charge >= 0.3 is 6.18 Å². The summed E-state index contributed by atoms with van der Waals surface area (Å²) in [5.74, 6) is -0.244. The predicted octanol–water partition coefficient (Wildman–Crippen LogP) is 4.21. The second kappa shape index (κ2) is 4.77. The molecular weight excluding hydrogens is 285 g/mol. The van der Waals surface area contributed by atoms with Crippen LogP contribution in [0.25, 0.3) is 0 Å². The van der Waals surface area contributed by atoms with Crippen LogP contribution in [0.15, 0.2) is 24.3 Å². The third kappa shape index (κ3) is 2.28. The number of alkyl halides is 3. The largest absolute Gasteiger partial charge is 0.416 e. The van der Waals surface area contributed by atoms with Crippen molar-refractivity contribution in [3.8, 4) is 0 Å². The van der Waals surface area contributed by atoms with Gasteiger partial charge in [-0.25, -0.2) is 4.98 Å². The summed E-state index contributed by atoms with van der Waals surface area (Å²) in [6, 6.07) is 5.80. The predicted molar refractivity (Wildman–Crippen MR) is 72.8 cm³/mol. The Morgan fingerprint density at radius 1 is 1.25 bits per heavy atom. The molecule has 0 saturated carbocycles. The van der Waals surface area contributed by atoms with E-state index in [0.29, 0.717) is 17.1 Å². The van der Waals surface area contributed by atoms with Gasteiger partial charge in [-0.15, -0.1) is 11.3 Å². The van der Waals surface area contributed by atoms with E-state index in [1.54, 1.807) is 12.1 Å². The average Bonchev–Trinajstić information content (AvgIpc) is 2.77. The van der Waals surface area contributed by atoms with Crippen molar-refractivity contribution in [2.45, 2.75) is 31.4 Å². The molecule has 6 heteroatoms. The third-order valence-electron chi connectivity index (χ3n) is 3.61. The lowest BCUT2D eigenvalue weighted by atomic mass is 9.84. The van der Waals surface area contributed by atoms with Crippen LogP contribution in [0.2, 0.25) is 0 Å². The Labute approximate surface area is 118 Å². The number of nitrogens with zero attached hydrogens (tertiary/aromatic N) is 1. The molecule has 2 nitrogen and oxygen atoms in total. The molecule has 1 aliphatic rings.